The molecule has 0 saturated heterocycles. The summed E-state index contributed by atoms with van der Waals surface area (Å²) in [6.45, 7) is 2.31. The molecule has 0 bridgehead atoms. The Morgan fingerprint density at radius 2 is 1.82 bits per heavy atom. The summed E-state index contributed by atoms with van der Waals surface area (Å²) in [5.41, 5.74) is 4.47. The molecule has 0 heterocycles. The predicted molar refractivity (Wildman–Crippen MR) is 73.6 cm³/mol. The Bertz CT molecular complexity index is 406. The standard InChI is InChI=1S/C16H21Cl/c1-11(12-6-7-12)16(17)15-9-8-13-4-2-3-5-14(13)10-15/h8-12,16H,2-7H2,1H3. The van der Waals surface area contributed by atoms with Gasteiger partial charge in [-0.15, -0.1) is 11.6 Å². The van der Waals surface area contributed by atoms with Crippen LogP contribution in [-0.2, 0) is 12.8 Å². The lowest BCUT2D eigenvalue weighted by Gasteiger charge is -2.21. The zero-order chi connectivity index (χ0) is 11.8. The van der Waals surface area contributed by atoms with Gasteiger partial charge in [0, 0.05) is 0 Å². The van der Waals surface area contributed by atoms with Gasteiger partial charge in [0.1, 0.15) is 0 Å². The molecule has 2 aliphatic rings. The molecule has 92 valence electrons. The van der Waals surface area contributed by atoms with Crippen LogP contribution in [0.4, 0.5) is 0 Å². The molecule has 1 heteroatoms. The molecule has 1 saturated carbocycles. The van der Waals surface area contributed by atoms with Gasteiger partial charge < -0.3 is 0 Å². The monoisotopic (exact) mass is 248 g/mol. The van der Waals surface area contributed by atoms with Crippen LogP contribution < -0.4 is 0 Å². The first-order valence-corrected chi connectivity index (χ1v) is 7.45. The fourth-order valence-corrected chi connectivity index (χ4v) is 3.43. The number of fused-ring (bicyclic) bond motifs is 1. The van der Waals surface area contributed by atoms with Crippen molar-refractivity contribution in [3.8, 4) is 0 Å². The highest BCUT2D eigenvalue weighted by atomic mass is 35.5. The fourth-order valence-electron chi connectivity index (χ4n) is 3.09. The summed E-state index contributed by atoms with van der Waals surface area (Å²) in [6.07, 6.45) is 7.99. The lowest BCUT2D eigenvalue weighted by molar-refractivity contribution is 0.491. The van der Waals surface area contributed by atoms with E-state index in [0.717, 1.165) is 5.92 Å². The smallest absolute Gasteiger partial charge is 0.0613 e. The molecular formula is C16H21Cl. The van der Waals surface area contributed by atoms with Crippen molar-refractivity contribution in [3.63, 3.8) is 0 Å². The van der Waals surface area contributed by atoms with E-state index in [4.69, 9.17) is 11.6 Å². The Balaban J connectivity index is 1.82. The Morgan fingerprint density at radius 1 is 1.12 bits per heavy atom. The van der Waals surface area contributed by atoms with E-state index in [1.807, 2.05) is 0 Å². The van der Waals surface area contributed by atoms with Gasteiger partial charge in [-0.05, 0) is 67.1 Å². The van der Waals surface area contributed by atoms with Crippen molar-refractivity contribution in [1.82, 2.24) is 0 Å². The van der Waals surface area contributed by atoms with Gasteiger partial charge in [-0.3, -0.25) is 0 Å². The van der Waals surface area contributed by atoms with E-state index in [9.17, 15) is 0 Å². The minimum Gasteiger partial charge on any atom is -0.118 e. The molecule has 0 spiro atoms. The summed E-state index contributed by atoms with van der Waals surface area (Å²) in [4.78, 5) is 0. The van der Waals surface area contributed by atoms with Crippen LogP contribution in [0.2, 0.25) is 0 Å². The minimum atomic E-state index is 0.217. The van der Waals surface area contributed by atoms with Crippen LogP contribution in [0.3, 0.4) is 0 Å². The predicted octanol–water partition coefficient (Wildman–Crippen LogP) is 4.89. The maximum Gasteiger partial charge on any atom is 0.0613 e. The molecule has 1 aromatic carbocycles. The van der Waals surface area contributed by atoms with Gasteiger partial charge in [0.15, 0.2) is 0 Å². The summed E-state index contributed by atoms with van der Waals surface area (Å²) in [5, 5.41) is 0.217. The number of halogens is 1. The van der Waals surface area contributed by atoms with Gasteiger partial charge in [0.2, 0.25) is 0 Å². The number of benzene rings is 1. The van der Waals surface area contributed by atoms with Crippen LogP contribution in [0.5, 0.6) is 0 Å². The first-order chi connectivity index (χ1) is 8.25. The van der Waals surface area contributed by atoms with Crippen LogP contribution in [0.1, 0.15) is 54.7 Å². The van der Waals surface area contributed by atoms with Crippen LogP contribution in [0.15, 0.2) is 18.2 Å². The topological polar surface area (TPSA) is 0 Å². The van der Waals surface area contributed by atoms with Gasteiger partial charge in [-0.1, -0.05) is 25.1 Å². The average molecular weight is 249 g/mol. The molecule has 1 aromatic rings. The molecule has 3 rings (SSSR count). The lowest BCUT2D eigenvalue weighted by atomic mass is 9.88. The van der Waals surface area contributed by atoms with E-state index in [1.54, 1.807) is 11.1 Å². The molecule has 17 heavy (non-hydrogen) atoms. The second-order valence-corrected chi connectivity index (χ2v) is 6.30. The molecule has 2 unspecified atom stereocenters. The van der Waals surface area contributed by atoms with E-state index < -0.39 is 0 Å². The highest BCUT2D eigenvalue weighted by molar-refractivity contribution is 6.21. The molecule has 0 radical (unpaired) electrons. The third-order valence-corrected chi connectivity index (χ3v) is 5.17. The average Bonchev–Trinajstić information content (AvgIpc) is 3.21. The van der Waals surface area contributed by atoms with Gasteiger partial charge >= 0.3 is 0 Å². The van der Waals surface area contributed by atoms with Crippen molar-refractivity contribution >= 4 is 11.6 Å². The fraction of sp³-hybridized carbons (Fsp3) is 0.625. The number of hydrogen-bond donors (Lipinski definition) is 0. The third-order valence-electron chi connectivity index (χ3n) is 4.52. The maximum absolute atomic E-state index is 6.63. The van der Waals surface area contributed by atoms with Crippen LogP contribution in [0, 0.1) is 11.8 Å². The Kier molecular flexibility index (Phi) is 3.17. The van der Waals surface area contributed by atoms with E-state index in [2.05, 4.69) is 25.1 Å². The first-order valence-electron chi connectivity index (χ1n) is 7.01. The van der Waals surface area contributed by atoms with Crippen LogP contribution >= 0.6 is 11.6 Å². The normalized spacial score (nSPS) is 22.9. The van der Waals surface area contributed by atoms with Crippen molar-refractivity contribution in [2.75, 3.05) is 0 Å². The summed E-state index contributed by atoms with van der Waals surface area (Å²) in [5.74, 6) is 1.52. The van der Waals surface area contributed by atoms with E-state index in [0.29, 0.717) is 5.92 Å². The molecule has 0 aromatic heterocycles. The second kappa shape index (κ2) is 4.65. The summed E-state index contributed by atoms with van der Waals surface area (Å²) in [6, 6.07) is 6.96. The molecule has 0 amide bonds. The summed E-state index contributed by atoms with van der Waals surface area (Å²) < 4.78 is 0. The Morgan fingerprint density at radius 3 is 2.53 bits per heavy atom. The largest absolute Gasteiger partial charge is 0.118 e. The van der Waals surface area contributed by atoms with E-state index >= 15 is 0 Å². The van der Waals surface area contributed by atoms with E-state index in [1.165, 1.54) is 44.1 Å². The highest BCUT2D eigenvalue weighted by Gasteiger charge is 2.33. The molecule has 2 aliphatic carbocycles. The zero-order valence-corrected chi connectivity index (χ0v) is 11.3. The molecular weight excluding hydrogens is 228 g/mol. The maximum atomic E-state index is 6.63. The van der Waals surface area contributed by atoms with Crippen LogP contribution in [0.25, 0.3) is 0 Å². The summed E-state index contributed by atoms with van der Waals surface area (Å²) in [7, 11) is 0. The lowest BCUT2D eigenvalue weighted by Crippen LogP contribution is -2.09. The molecule has 2 atom stereocenters. The molecule has 0 aliphatic heterocycles. The number of aryl methyl sites for hydroxylation is 2. The minimum absolute atomic E-state index is 0.217. The number of hydrogen-bond acceptors (Lipinski definition) is 0. The highest BCUT2D eigenvalue weighted by Crippen LogP contribution is 2.45. The van der Waals surface area contributed by atoms with Gasteiger partial charge in [0.05, 0.1) is 5.38 Å². The summed E-state index contributed by atoms with van der Waals surface area (Å²) >= 11 is 6.63. The van der Waals surface area contributed by atoms with Gasteiger partial charge in [0.25, 0.3) is 0 Å². The van der Waals surface area contributed by atoms with Crippen molar-refractivity contribution in [1.29, 1.82) is 0 Å². The third kappa shape index (κ3) is 2.38. The van der Waals surface area contributed by atoms with Crippen molar-refractivity contribution in [2.45, 2.75) is 50.8 Å². The van der Waals surface area contributed by atoms with Crippen molar-refractivity contribution < 1.29 is 0 Å². The molecule has 0 N–H and O–H groups in total. The van der Waals surface area contributed by atoms with Crippen molar-refractivity contribution in [2.24, 2.45) is 11.8 Å². The molecule has 1 fully saturated rings. The Labute approximate surface area is 109 Å². The van der Waals surface area contributed by atoms with Crippen molar-refractivity contribution in [3.05, 3.63) is 34.9 Å². The second-order valence-electron chi connectivity index (χ2n) is 5.83. The zero-order valence-electron chi connectivity index (χ0n) is 10.6. The number of alkyl halides is 1. The van der Waals surface area contributed by atoms with Gasteiger partial charge in [-0.2, -0.15) is 0 Å². The van der Waals surface area contributed by atoms with E-state index in [-0.39, 0.29) is 5.38 Å². The SMILES string of the molecule is CC(C1CC1)C(Cl)c1ccc2c(c1)CCCC2. The Hall–Kier alpha value is -0.490. The number of rotatable bonds is 3. The van der Waals surface area contributed by atoms with Gasteiger partial charge in [-0.25, -0.2) is 0 Å². The molecule has 0 nitrogen and oxygen atoms in total. The first kappa shape index (κ1) is 11.6. The quantitative estimate of drug-likeness (QED) is 0.668. The van der Waals surface area contributed by atoms with Crippen LogP contribution in [-0.4, -0.2) is 0 Å².